The Morgan fingerprint density at radius 3 is 2.30 bits per heavy atom. The lowest BCUT2D eigenvalue weighted by atomic mass is 9.96. The van der Waals surface area contributed by atoms with Gasteiger partial charge in [0.25, 0.3) is 0 Å². The lowest BCUT2D eigenvalue weighted by Crippen LogP contribution is -2.19. The van der Waals surface area contributed by atoms with Crippen LogP contribution >= 0.6 is 0 Å². The second-order valence-electron chi connectivity index (χ2n) is 5.34. The summed E-state index contributed by atoms with van der Waals surface area (Å²) in [4.78, 5) is 11.2. The predicted molar refractivity (Wildman–Crippen MR) is 79.6 cm³/mol. The molecular weight excluding hydrogens is 309 g/mol. The Morgan fingerprint density at radius 2 is 1.74 bits per heavy atom. The van der Waals surface area contributed by atoms with Gasteiger partial charge in [-0.2, -0.15) is 0 Å². The van der Waals surface area contributed by atoms with E-state index < -0.39 is 23.6 Å². The molecule has 0 radical (unpaired) electrons. The van der Waals surface area contributed by atoms with Gasteiger partial charge in [-0.3, -0.25) is 0 Å². The van der Waals surface area contributed by atoms with Gasteiger partial charge in [-0.1, -0.05) is 44.2 Å². The smallest absolute Gasteiger partial charge is 0.478 e. The quantitative estimate of drug-likeness (QED) is 0.853. The van der Waals surface area contributed by atoms with Gasteiger partial charge in [0, 0.05) is 0 Å². The van der Waals surface area contributed by atoms with Crippen LogP contribution in [-0.2, 0) is 0 Å². The summed E-state index contributed by atoms with van der Waals surface area (Å²) in [7, 11) is 0. The lowest BCUT2D eigenvalue weighted by molar-refractivity contribution is -0.274. The minimum atomic E-state index is -4.94. The molecule has 0 spiro atoms. The van der Waals surface area contributed by atoms with Crippen molar-refractivity contribution in [1.82, 2.24) is 0 Å². The molecule has 0 aliphatic rings. The van der Waals surface area contributed by atoms with Gasteiger partial charge in [-0.25, -0.2) is 4.79 Å². The summed E-state index contributed by atoms with van der Waals surface area (Å²) in [5.41, 5.74) is 1.77. The molecule has 0 saturated carbocycles. The van der Waals surface area contributed by atoms with Crippen molar-refractivity contribution in [1.29, 1.82) is 0 Å². The van der Waals surface area contributed by atoms with E-state index in [0.717, 1.165) is 17.2 Å². The molecule has 0 aromatic heterocycles. The average Bonchev–Trinajstić information content (AvgIpc) is 2.46. The second kappa shape index (κ2) is 6.32. The molecule has 0 fully saturated rings. The molecule has 0 bridgehead atoms. The molecule has 23 heavy (non-hydrogen) atoms. The van der Waals surface area contributed by atoms with E-state index in [2.05, 4.69) is 4.74 Å². The largest absolute Gasteiger partial charge is 0.573 e. The van der Waals surface area contributed by atoms with Crippen LogP contribution in [0.4, 0.5) is 13.2 Å². The van der Waals surface area contributed by atoms with E-state index in [9.17, 15) is 18.0 Å². The van der Waals surface area contributed by atoms with Gasteiger partial charge in [0.05, 0.1) is 0 Å². The van der Waals surface area contributed by atoms with Gasteiger partial charge in [-0.15, -0.1) is 13.2 Å². The molecule has 2 aromatic carbocycles. The Morgan fingerprint density at radius 1 is 1.09 bits per heavy atom. The number of carbonyl (C=O) groups is 1. The Hall–Kier alpha value is -2.50. The molecule has 0 atom stereocenters. The number of carboxylic acid groups (broad SMARTS) is 1. The zero-order valence-electron chi connectivity index (χ0n) is 12.5. The van der Waals surface area contributed by atoms with Crippen LogP contribution in [0.5, 0.6) is 5.75 Å². The highest BCUT2D eigenvalue weighted by molar-refractivity contribution is 5.92. The maximum atomic E-state index is 12.3. The SMILES string of the molecule is CC(C)c1cccc(-c2ccc(OC(F)(F)F)c(C(=O)O)c2)c1. The first-order valence-electron chi connectivity index (χ1n) is 6.91. The van der Waals surface area contributed by atoms with Crippen LogP contribution in [0.25, 0.3) is 11.1 Å². The van der Waals surface area contributed by atoms with Crippen molar-refractivity contribution in [3.63, 3.8) is 0 Å². The first kappa shape index (κ1) is 16.9. The Bertz CT molecular complexity index is 721. The van der Waals surface area contributed by atoms with Gasteiger partial charge < -0.3 is 9.84 Å². The fraction of sp³-hybridized carbons (Fsp3) is 0.235. The van der Waals surface area contributed by atoms with E-state index in [1.54, 1.807) is 6.07 Å². The van der Waals surface area contributed by atoms with Crippen LogP contribution in [0.3, 0.4) is 0 Å². The monoisotopic (exact) mass is 324 g/mol. The summed E-state index contributed by atoms with van der Waals surface area (Å²) < 4.78 is 40.8. The number of alkyl halides is 3. The third-order valence-electron chi connectivity index (χ3n) is 3.32. The topological polar surface area (TPSA) is 46.5 Å². The normalized spacial score (nSPS) is 11.6. The number of carboxylic acids is 1. The summed E-state index contributed by atoms with van der Waals surface area (Å²) in [5, 5.41) is 9.13. The number of hydrogen-bond donors (Lipinski definition) is 1. The zero-order chi connectivity index (χ0) is 17.2. The minimum Gasteiger partial charge on any atom is -0.478 e. The lowest BCUT2D eigenvalue weighted by Gasteiger charge is -2.13. The predicted octanol–water partition coefficient (Wildman–Crippen LogP) is 5.07. The van der Waals surface area contributed by atoms with Crippen LogP contribution in [0.2, 0.25) is 0 Å². The van der Waals surface area contributed by atoms with Gasteiger partial charge in [0.15, 0.2) is 0 Å². The van der Waals surface area contributed by atoms with Gasteiger partial charge >= 0.3 is 12.3 Å². The van der Waals surface area contributed by atoms with E-state index in [1.165, 1.54) is 12.1 Å². The number of ether oxygens (including phenoxy) is 1. The van der Waals surface area contributed by atoms with Crippen molar-refractivity contribution < 1.29 is 27.8 Å². The molecule has 0 amide bonds. The summed E-state index contributed by atoms with van der Waals surface area (Å²) >= 11 is 0. The second-order valence-corrected chi connectivity index (χ2v) is 5.34. The molecular formula is C17H15F3O3. The molecule has 3 nitrogen and oxygen atoms in total. The van der Waals surface area contributed by atoms with E-state index in [4.69, 9.17) is 5.11 Å². The molecule has 0 heterocycles. The summed E-state index contributed by atoms with van der Waals surface area (Å²) in [6.07, 6.45) is -4.94. The van der Waals surface area contributed by atoms with E-state index in [1.807, 2.05) is 32.0 Å². The Labute approximate surface area is 131 Å². The van der Waals surface area contributed by atoms with Gasteiger partial charge in [-0.05, 0) is 34.7 Å². The standard InChI is InChI=1S/C17H15F3O3/c1-10(2)11-4-3-5-12(8-11)13-6-7-15(23-17(18,19)20)14(9-13)16(21)22/h3-10H,1-2H3,(H,21,22). The van der Waals surface area contributed by atoms with Crippen LogP contribution in [0, 0.1) is 0 Å². The first-order chi connectivity index (χ1) is 10.7. The molecule has 0 saturated heterocycles. The van der Waals surface area contributed by atoms with Crippen LogP contribution in [-0.4, -0.2) is 17.4 Å². The fourth-order valence-electron chi connectivity index (χ4n) is 2.17. The summed E-state index contributed by atoms with van der Waals surface area (Å²) in [6.45, 7) is 4.03. The zero-order valence-corrected chi connectivity index (χ0v) is 12.5. The minimum absolute atomic E-state index is 0.279. The number of aromatic carboxylic acids is 1. The fourth-order valence-corrected chi connectivity index (χ4v) is 2.17. The number of benzene rings is 2. The van der Waals surface area contributed by atoms with Gasteiger partial charge in [0.1, 0.15) is 11.3 Å². The van der Waals surface area contributed by atoms with E-state index in [-0.39, 0.29) is 5.92 Å². The Kier molecular flexibility index (Phi) is 4.63. The van der Waals surface area contributed by atoms with Crippen LogP contribution in [0.15, 0.2) is 42.5 Å². The molecule has 1 N–H and O–H groups in total. The highest BCUT2D eigenvalue weighted by Crippen LogP contribution is 2.31. The van der Waals surface area contributed by atoms with Crippen molar-refractivity contribution in [3.8, 4) is 16.9 Å². The molecule has 0 aliphatic carbocycles. The summed E-state index contributed by atoms with van der Waals surface area (Å²) in [5.74, 6) is -1.93. The van der Waals surface area contributed by atoms with Crippen molar-refractivity contribution in [3.05, 3.63) is 53.6 Å². The number of halogens is 3. The number of rotatable bonds is 4. The molecule has 2 aromatic rings. The van der Waals surface area contributed by atoms with E-state index >= 15 is 0 Å². The molecule has 0 aliphatic heterocycles. The first-order valence-corrected chi connectivity index (χ1v) is 6.91. The van der Waals surface area contributed by atoms with Crippen LogP contribution in [0.1, 0.15) is 35.7 Å². The summed E-state index contributed by atoms with van der Waals surface area (Å²) in [6, 6.07) is 11.0. The third kappa shape index (κ3) is 4.25. The molecule has 0 unspecified atom stereocenters. The molecule has 122 valence electrons. The maximum Gasteiger partial charge on any atom is 0.573 e. The highest BCUT2D eigenvalue weighted by Gasteiger charge is 2.33. The average molecular weight is 324 g/mol. The molecule has 2 rings (SSSR count). The highest BCUT2D eigenvalue weighted by atomic mass is 19.4. The maximum absolute atomic E-state index is 12.3. The molecule has 6 heteroatoms. The third-order valence-corrected chi connectivity index (χ3v) is 3.32. The van der Waals surface area contributed by atoms with E-state index in [0.29, 0.717) is 5.56 Å². The number of hydrogen-bond acceptors (Lipinski definition) is 2. The van der Waals surface area contributed by atoms with Crippen LogP contribution < -0.4 is 4.74 Å². The van der Waals surface area contributed by atoms with Crippen molar-refractivity contribution >= 4 is 5.97 Å². The van der Waals surface area contributed by atoms with Crippen molar-refractivity contribution in [2.75, 3.05) is 0 Å². The van der Waals surface area contributed by atoms with Gasteiger partial charge in [0.2, 0.25) is 0 Å². The Balaban J connectivity index is 2.47. The van der Waals surface area contributed by atoms with Crippen molar-refractivity contribution in [2.24, 2.45) is 0 Å². The van der Waals surface area contributed by atoms with Crippen molar-refractivity contribution in [2.45, 2.75) is 26.1 Å².